The fraction of sp³-hybridized carbons (Fsp3) is 0.423. The Kier molecular flexibility index (Phi) is 7.17. The number of benzene rings is 2. The van der Waals surface area contributed by atoms with E-state index >= 15 is 0 Å². The first-order valence-corrected chi connectivity index (χ1v) is 11.6. The molecule has 2 amide bonds. The fourth-order valence-electron chi connectivity index (χ4n) is 4.76. The van der Waals surface area contributed by atoms with Gasteiger partial charge in [-0.3, -0.25) is 14.6 Å². The molecule has 2 aromatic rings. The zero-order valence-electron chi connectivity index (χ0n) is 19.8. The molecule has 180 valence electrons. The van der Waals surface area contributed by atoms with E-state index in [4.69, 9.17) is 14.5 Å². The number of aliphatic hydroxyl groups excluding tert-OH is 1. The van der Waals surface area contributed by atoms with E-state index in [0.717, 1.165) is 35.2 Å². The van der Waals surface area contributed by atoms with Crippen molar-refractivity contribution in [2.24, 2.45) is 4.99 Å². The van der Waals surface area contributed by atoms with Gasteiger partial charge in [-0.2, -0.15) is 0 Å². The summed E-state index contributed by atoms with van der Waals surface area (Å²) in [5.74, 6) is 0.853. The summed E-state index contributed by atoms with van der Waals surface area (Å²) in [5.41, 5.74) is 4.35. The normalized spacial score (nSPS) is 20.9. The topological polar surface area (TPSA) is 109 Å². The molecule has 0 radical (unpaired) electrons. The third-order valence-corrected chi connectivity index (χ3v) is 6.29. The molecule has 3 N–H and O–H groups in total. The first kappa shape index (κ1) is 23.8. The standard InChI is InChI=1S/C26H31N3O5/c1-4-34-24-12-19-20-11-18(31)8-9-22(20)29-26(21(19)13-23(24)33-3)16-6-5-7-17(10-16)28-25(32)14-27-15(2)30/h5-7,10,12-13,18,20,22,31H,4,8-9,11,14H2,1-3H3,(H,27,30)(H,28,32). The fourth-order valence-corrected chi connectivity index (χ4v) is 4.76. The second kappa shape index (κ2) is 10.3. The number of methoxy groups -OCH3 is 1. The van der Waals surface area contributed by atoms with E-state index in [1.54, 1.807) is 13.2 Å². The molecule has 0 aromatic heterocycles. The number of hydrogen-bond donors (Lipinski definition) is 3. The maximum absolute atomic E-state index is 12.2. The van der Waals surface area contributed by atoms with Gasteiger partial charge >= 0.3 is 0 Å². The maximum Gasteiger partial charge on any atom is 0.243 e. The van der Waals surface area contributed by atoms with E-state index in [-0.39, 0.29) is 36.4 Å². The lowest BCUT2D eigenvalue weighted by Gasteiger charge is -2.37. The van der Waals surface area contributed by atoms with Crippen molar-refractivity contribution in [3.05, 3.63) is 53.1 Å². The van der Waals surface area contributed by atoms with Crippen molar-refractivity contribution in [3.8, 4) is 11.5 Å². The summed E-state index contributed by atoms with van der Waals surface area (Å²) in [7, 11) is 1.61. The monoisotopic (exact) mass is 465 g/mol. The second-order valence-electron chi connectivity index (χ2n) is 8.68. The van der Waals surface area contributed by atoms with Gasteiger partial charge in [-0.05, 0) is 56.0 Å². The van der Waals surface area contributed by atoms with E-state index in [9.17, 15) is 14.7 Å². The summed E-state index contributed by atoms with van der Waals surface area (Å²) in [6, 6.07) is 11.6. The van der Waals surface area contributed by atoms with Gasteiger partial charge in [0, 0.05) is 29.7 Å². The smallest absolute Gasteiger partial charge is 0.243 e. The molecule has 1 heterocycles. The van der Waals surface area contributed by atoms with Crippen molar-refractivity contribution in [3.63, 3.8) is 0 Å². The van der Waals surface area contributed by atoms with Crippen LogP contribution in [0.3, 0.4) is 0 Å². The average Bonchev–Trinajstić information content (AvgIpc) is 2.82. The lowest BCUT2D eigenvalue weighted by atomic mass is 9.74. The van der Waals surface area contributed by atoms with Crippen LogP contribution in [-0.4, -0.2) is 55.0 Å². The van der Waals surface area contributed by atoms with Crippen LogP contribution in [0, 0.1) is 0 Å². The van der Waals surface area contributed by atoms with E-state index in [1.165, 1.54) is 6.92 Å². The molecule has 2 aromatic carbocycles. The van der Waals surface area contributed by atoms with Crippen LogP contribution in [0.2, 0.25) is 0 Å². The number of carbonyl (C=O) groups excluding carboxylic acids is 2. The third-order valence-electron chi connectivity index (χ3n) is 6.29. The molecule has 1 fully saturated rings. The summed E-state index contributed by atoms with van der Waals surface area (Å²) < 4.78 is 11.4. The van der Waals surface area contributed by atoms with Crippen molar-refractivity contribution in [2.75, 3.05) is 25.6 Å². The molecule has 0 bridgehead atoms. The highest BCUT2D eigenvalue weighted by Gasteiger charge is 2.37. The molecule has 0 spiro atoms. The van der Waals surface area contributed by atoms with Gasteiger partial charge in [0.1, 0.15) is 0 Å². The SMILES string of the molecule is CCOc1cc2c(cc1OC)C(c1cccc(NC(=O)CNC(C)=O)c1)=NC1CCC(O)CC21. The number of nitrogens with one attached hydrogen (secondary N) is 2. The maximum atomic E-state index is 12.2. The molecule has 8 nitrogen and oxygen atoms in total. The highest BCUT2D eigenvalue weighted by molar-refractivity contribution is 6.15. The Morgan fingerprint density at radius 2 is 2.00 bits per heavy atom. The number of amides is 2. The molecule has 3 atom stereocenters. The number of carbonyl (C=O) groups is 2. The predicted molar refractivity (Wildman–Crippen MR) is 130 cm³/mol. The van der Waals surface area contributed by atoms with Gasteiger partial charge in [0.25, 0.3) is 0 Å². The summed E-state index contributed by atoms with van der Waals surface area (Å²) in [5, 5.41) is 15.7. The summed E-state index contributed by atoms with van der Waals surface area (Å²) >= 11 is 0. The second-order valence-corrected chi connectivity index (χ2v) is 8.68. The highest BCUT2D eigenvalue weighted by atomic mass is 16.5. The van der Waals surface area contributed by atoms with Crippen LogP contribution in [-0.2, 0) is 9.59 Å². The quantitative estimate of drug-likeness (QED) is 0.582. The summed E-state index contributed by atoms with van der Waals surface area (Å²) in [6.45, 7) is 3.74. The van der Waals surface area contributed by atoms with Crippen molar-refractivity contribution >= 4 is 23.2 Å². The number of rotatable bonds is 7. The summed E-state index contributed by atoms with van der Waals surface area (Å²) in [4.78, 5) is 28.4. The molecule has 8 heteroatoms. The minimum absolute atomic E-state index is 0.0618. The van der Waals surface area contributed by atoms with Crippen LogP contribution in [0.5, 0.6) is 11.5 Å². The minimum Gasteiger partial charge on any atom is -0.493 e. The number of anilines is 1. The van der Waals surface area contributed by atoms with Crippen LogP contribution in [0.1, 0.15) is 55.7 Å². The lowest BCUT2D eigenvalue weighted by molar-refractivity contribution is -0.122. The number of ether oxygens (including phenoxy) is 2. The minimum atomic E-state index is -0.342. The highest BCUT2D eigenvalue weighted by Crippen LogP contribution is 2.45. The first-order valence-electron chi connectivity index (χ1n) is 11.6. The average molecular weight is 466 g/mol. The number of aliphatic hydroxyl groups is 1. The first-order chi connectivity index (χ1) is 16.4. The van der Waals surface area contributed by atoms with Gasteiger partial charge in [-0.25, -0.2) is 0 Å². The van der Waals surface area contributed by atoms with Crippen LogP contribution in [0.25, 0.3) is 0 Å². The van der Waals surface area contributed by atoms with Crippen molar-refractivity contribution < 1.29 is 24.2 Å². The molecule has 0 saturated heterocycles. The number of hydrogen-bond acceptors (Lipinski definition) is 6. The zero-order valence-corrected chi connectivity index (χ0v) is 19.8. The number of aliphatic imine (C=N–C) groups is 1. The molecule has 4 rings (SSSR count). The molecule has 1 aliphatic carbocycles. The summed E-state index contributed by atoms with van der Waals surface area (Å²) in [6.07, 6.45) is 1.84. The van der Waals surface area contributed by atoms with Crippen molar-refractivity contribution in [2.45, 2.75) is 51.2 Å². The number of fused-ring (bicyclic) bond motifs is 3. The third kappa shape index (κ3) is 5.07. The van der Waals surface area contributed by atoms with E-state index < -0.39 is 0 Å². The van der Waals surface area contributed by atoms with Crippen LogP contribution < -0.4 is 20.1 Å². The van der Waals surface area contributed by atoms with E-state index in [1.807, 2.05) is 37.3 Å². The Hall–Kier alpha value is -3.39. The Balaban J connectivity index is 1.72. The van der Waals surface area contributed by atoms with E-state index in [0.29, 0.717) is 30.2 Å². The predicted octanol–water partition coefficient (Wildman–Crippen LogP) is 3.02. The van der Waals surface area contributed by atoms with Gasteiger partial charge in [0.15, 0.2) is 11.5 Å². The molecule has 3 unspecified atom stereocenters. The molecule has 1 saturated carbocycles. The van der Waals surface area contributed by atoms with Gasteiger partial charge in [-0.1, -0.05) is 12.1 Å². The Labute approximate surface area is 199 Å². The molecular formula is C26H31N3O5. The lowest BCUT2D eigenvalue weighted by Crippen LogP contribution is -2.34. The van der Waals surface area contributed by atoms with Crippen molar-refractivity contribution in [1.82, 2.24) is 5.32 Å². The van der Waals surface area contributed by atoms with Crippen LogP contribution in [0.15, 0.2) is 41.4 Å². The Morgan fingerprint density at radius 3 is 2.74 bits per heavy atom. The largest absolute Gasteiger partial charge is 0.493 e. The van der Waals surface area contributed by atoms with Crippen molar-refractivity contribution in [1.29, 1.82) is 0 Å². The molecule has 34 heavy (non-hydrogen) atoms. The van der Waals surface area contributed by atoms with Gasteiger partial charge in [-0.15, -0.1) is 0 Å². The van der Waals surface area contributed by atoms with Crippen LogP contribution >= 0.6 is 0 Å². The van der Waals surface area contributed by atoms with Crippen LogP contribution in [0.4, 0.5) is 5.69 Å². The van der Waals surface area contributed by atoms with Gasteiger partial charge in [0.2, 0.25) is 11.8 Å². The Morgan fingerprint density at radius 1 is 1.18 bits per heavy atom. The van der Waals surface area contributed by atoms with Gasteiger partial charge in [0.05, 0.1) is 38.1 Å². The Bertz CT molecular complexity index is 1110. The van der Waals surface area contributed by atoms with E-state index in [2.05, 4.69) is 10.6 Å². The molecular weight excluding hydrogens is 434 g/mol. The van der Waals surface area contributed by atoms with Gasteiger partial charge < -0.3 is 25.2 Å². The zero-order chi connectivity index (χ0) is 24.2. The molecule has 2 aliphatic rings. The number of nitrogens with zero attached hydrogens (tertiary/aromatic N) is 1. The molecule has 1 aliphatic heterocycles.